The van der Waals surface area contributed by atoms with Gasteiger partial charge in [0.1, 0.15) is 0 Å². The number of halogens is 2. The van der Waals surface area contributed by atoms with Gasteiger partial charge in [0.05, 0.1) is 0 Å². The molecular formula is C15H21Cl2N3O3Si. The Balaban J connectivity index is 1.98. The van der Waals surface area contributed by atoms with Gasteiger partial charge in [-0.3, -0.25) is 14.5 Å². The molecular weight excluding hydrogens is 369 g/mol. The largest absolute Gasteiger partial charge is 0.417 e. The van der Waals surface area contributed by atoms with Gasteiger partial charge in [-0.2, -0.15) is 0 Å². The Bertz CT molecular complexity index is 648. The van der Waals surface area contributed by atoms with E-state index in [4.69, 9.17) is 27.6 Å². The van der Waals surface area contributed by atoms with Gasteiger partial charge in [0.25, 0.3) is 11.8 Å². The highest BCUT2D eigenvalue weighted by molar-refractivity contribution is 6.74. The van der Waals surface area contributed by atoms with Gasteiger partial charge in [0.2, 0.25) is 0 Å². The lowest BCUT2D eigenvalue weighted by Gasteiger charge is -2.36. The number of amides is 2. The average molecular weight is 390 g/mol. The van der Waals surface area contributed by atoms with Gasteiger partial charge in [0, 0.05) is 13.2 Å². The number of nitrogens with zero attached hydrogens (tertiary/aromatic N) is 3. The van der Waals surface area contributed by atoms with E-state index >= 15 is 0 Å². The Kier molecular flexibility index (Phi) is 5.39. The normalized spacial score (nSPS) is 15.2. The van der Waals surface area contributed by atoms with Crippen LogP contribution in [0.5, 0.6) is 0 Å². The van der Waals surface area contributed by atoms with Gasteiger partial charge < -0.3 is 4.43 Å². The first-order chi connectivity index (χ1) is 11.0. The number of fused-ring (bicyclic) bond motifs is 1. The highest BCUT2D eigenvalue weighted by atomic mass is 35.5. The molecule has 0 atom stereocenters. The zero-order chi connectivity index (χ0) is 18.3. The van der Waals surface area contributed by atoms with Gasteiger partial charge in [0.15, 0.2) is 30.0 Å². The molecule has 0 saturated heterocycles. The fourth-order valence-corrected chi connectivity index (χ4v) is 3.35. The molecule has 0 unspecified atom stereocenters. The summed E-state index contributed by atoms with van der Waals surface area (Å²) in [5.74, 6) is -0.984. The first-order valence-electron chi connectivity index (χ1n) is 7.69. The van der Waals surface area contributed by atoms with Crippen LogP contribution in [0.15, 0.2) is 0 Å². The first-order valence-corrected chi connectivity index (χ1v) is 11.4. The van der Waals surface area contributed by atoms with Crippen molar-refractivity contribution in [2.24, 2.45) is 0 Å². The number of aromatic nitrogens is 2. The fourth-order valence-electron chi connectivity index (χ4n) is 2.01. The molecule has 0 bridgehead atoms. The van der Waals surface area contributed by atoms with Gasteiger partial charge >= 0.3 is 0 Å². The molecule has 132 valence electrons. The van der Waals surface area contributed by atoms with E-state index in [1.54, 1.807) is 0 Å². The number of hydrogen-bond donors (Lipinski definition) is 0. The number of imide groups is 1. The minimum absolute atomic E-state index is 0.0419. The quantitative estimate of drug-likeness (QED) is 0.435. The lowest BCUT2D eigenvalue weighted by atomic mass is 10.2. The molecule has 1 aliphatic heterocycles. The molecule has 0 N–H and O–H groups in total. The SMILES string of the molecule is CC(C)(C)[Si](C)(C)OCCCN1C(=O)c2nc(Cl)c(Cl)nc2C1=O. The maximum atomic E-state index is 12.3. The van der Waals surface area contributed by atoms with Crippen molar-refractivity contribution in [1.82, 2.24) is 14.9 Å². The molecule has 0 spiro atoms. The highest BCUT2D eigenvalue weighted by Gasteiger charge is 2.40. The number of carbonyl (C=O) groups excluding carboxylic acids is 2. The van der Waals surface area contributed by atoms with E-state index in [0.717, 1.165) is 4.90 Å². The predicted molar refractivity (Wildman–Crippen MR) is 95.2 cm³/mol. The Morgan fingerprint density at radius 1 is 1.04 bits per heavy atom. The Labute approximate surface area is 152 Å². The van der Waals surface area contributed by atoms with E-state index in [0.29, 0.717) is 13.0 Å². The summed E-state index contributed by atoms with van der Waals surface area (Å²) in [6.45, 7) is 11.5. The summed E-state index contributed by atoms with van der Waals surface area (Å²) in [4.78, 5) is 33.4. The molecule has 2 rings (SSSR count). The van der Waals surface area contributed by atoms with Crippen molar-refractivity contribution in [1.29, 1.82) is 0 Å². The molecule has 1 aromatic heterocycles. The van der Waals surface area contributed by atoms with Crippen molar-refractivity contribution in [3.8, 4) is 0 Å². The Morgan fingerprint density at radius 2 is 1.50 bits per heavy atom. The number of carbonyl (C=O) groups is 2. The zero-order valence-electron chi connectivity index (χ0n) is 14.4. The molecule has 0 fully saturated rings. The lowest BCUT2D eigenvalue weighted by molar-refractivity contribution is 0.0642. The van der Waals surface area contributed by atoms with Crippen LogP contribution in [0.2, 0.25) is 28.4 Å². The highest BCUT2D eigenvalue weighted by Crippen LogP contribution is 2.36. The van der Waals surface area contributed by atoms with Gasteiger partial charge in [-0.25, -0.2) is 9.97 Å². The van der Waals surface area contributed by atoms with E-state index in [2.05, 4.69) is 43.8 Å². The van der Waals surface area contributed by atoms with E-state index in [1.165, 1.54) is 0 Å². The monoisotopic (exact) mass is 389 g/mol. The van der Waals surface area contributed by atoms with Crippen molar-refractivity contribution in [2.45, 2.75) is 45.3 Å². The minimum Gasteiger partial charge on any atom is -0.417 e. The summed E-state index contributed by atoms with van der Waals surface area (Å²) in [5.41, 5.74) is -0.0839. The van der Waals surface area contributed by atoms with Crippen LogP contribution in [0.4, 0.5) is 0 Å². The molecule has 0 radical (unpaired) electrons. The molecule has 0 saturated carbocycles. The van der Waals surface area contributed by atoms with Crippen molar-refractivity contribution >= 4 is 43.3 Å². The van der Waals surface area contributed by atoms with Crippen LogP contribution in [-0.2, 0) is 4.43 Å². The Hall–Kier alpha value is -1.02. The molecule has 6 nitrogen and oxygen atoms in total. The molecule has 1 aliphatic rings. The van der Waals surface area contributed by atoms with Crippen LogP contribution in [0, 0.1) is 0 Å². The minimum atomic E-state index is -1.84. The van der Waals surface area contributed by atoms with Crippen molar-refractivity contribution in [2.75, 3.05) is 13.2 Å². The summed E-state index contributed by atoms with van der Waals surface area (Å²) in [5, 5.41) is -0.0523. The molecule has 2 heterocycles. The van der Waals surface area contributed by atoms with Crippen molar-refractivity contribution < 1.29 is 14.0 Å². The molecule has 9 heteroatoms. The first kappa shape index (κ1) is 19.3. The molecule has 2 amide bonds. The van der Waals surface area contributed by atoms with Crippen LogP contribution in [-0.4, -0.2) is 48.2 Å². The summed E-state index contributed by atoms with van der Waals surface area (Å²) < 4.78 is 6.06. The van der Waals surface area contributed by atoms with E-state index in [1.807, 2.05) is 0 Å². The van der Waals surface area contributed by atoms with Crippen LogP contribution < -0.4 is 0 Å². The van der Waals surface area contributed by atoms with Crippen molar-refractivity contribution in [3.63, 3.8) is 0 Å². The van der Waals surface area contributed by atoms with Gasteiger partial charge in [-0.1, -0.05) is 44.0 Å². The van der Waals surface area contributed by atoms with Gasteiger partial charge in [-0.05, 0) is 24.6 Å². The fraction of sp³-hybridized carbons (Fsp3) is 0.600. The van der Waals surface area contributed by atoms with E-state index in [9.17, 15) is 9.59 Å². The van der Waals surface area contributed by atoms with Crippen LogP contribution in [0.1, 0.15) is 48.2 Å². The van der Waals surface area contributed by atoms with Gasteiger partial charge in [-0.15, -0.1) is 0 Å². The van der Waals surface area contributed by atoms with Crippen molar-refractivity contribution in [3.05, 3.63) is 21.7 Å². The lowest BCUT2D eigenvalue weighted by Crippen LogP contribution is -2.41. The number of rotatable bonds is 5. The summed E-state index contributed by atoms with van der Waals surface area (Å²) >= 11 is 11.5. The Morgan fingerprint density at radius 3 is 1.92 bits per heavy atom. The molecule has 24 heavy (non-hydrogen) atoms. The maximum absolute atomic E-state index is 12.3. The van der Waals surface area contributed by atoms with E-state index < -0.39 is 20.1 Å². The zero-order valence-corrected chi connectivity index (χ0v) is 17.0. The van der Waals surface area contributed by atoms with Crippen LogP contribution >= 0.6 is 23.2 Å². The van der Waals surface area contributed by atoms with Crippen LogP contribution in [0.3, 0.4) is 0 Å². The second-order valence-corrected chi connectivity index (χ2v) is 12.8. The third kappa shape index (κ3) is 3.64. The maximum Gasteiger partial charge on any atom is 0.281 e. The summed E-state index contributed by atoms with van der Waals surface area (Å²) in [6.07, 6.45) is 0.555. The topological polar surface area (TPSA) is 72.4 Å². The van der Waals surface area contributed by atoms with Crippen LogP contribution in [0.25, 0.3) is 0 Å². The summed E-state index contributed by atoms with van der Waals surface area (Å²) in [6, 6.07) is 0. The third-order valence-corrected chi connectivity index (χ3v) is 9.67. The molecule has 1 aromatic rings. The predicted octanol–water partition coefficient (Wildman–Crippen LogP) is 3.79. The standard InChI is InChI=1S/C15H21Cl2N3O3Si/c1-15(2,3)24(4,5)23-8-6-7-20-13(21)9-10(14(20)22)19-12(17)11(16)18-9/h6-8H2,1-5H3. The van der Waals surface area contributed by atoms with E-state index in [-0.39, 0.29) is 33.3 Å². The number of hydrogen-bond acceptors (Lipinski definition) is 5. The second kappa shape index (κ2) is 6.71. The molecule has 0 aromatic carbocycles. The third-order valence-electron chi connectivity index (χ3n) is 4.51. The second-order valence-electron chi connectivity index (χ2n) is 7.23. The summed E-state index contributed by atoms with van der Waals surface area (Å²) in [7, 11) is -1.84. The smallest absolute Gasteiger partial charge is 0.281 e. The average Bonchev–Trinajstić information content (AvgIpc) is 2.67. The molecule has 0 aliphatic carbocycles.